The molecule has 0 atom stereocenters. The minimum atomic E-state index is -0.991. The van der Waals surface area contributed by atoms with Crippen LogP contribution in [-0.4, -0.2) is 45.7 Å². The summed E-state index contributed by atoms with van der Waals surface area (Å²) >= 11 is 0. The average Bonchev–Trinajstić information content (AvgIpc) is 2.54. The van der Waals surface area contributed by atoms with Gasteiger partial charge in [-0.3, -0.25) is 14.9 Å². The number of likely N-dealkylation sites (tertiary alicyclic amines) is 1. The first-order valence-corrected chi connectivity index (χ1v) is 8.47. The van der Waals surface area contributed by atoms with Gasteiger partial charge in [-0.25, -0.2) is 4.79 Å². The van der Waals surface area contributed by atoms with E-state index in [1.807, 2.05) is 0 Å². The van der Waals surface area contributed by atoms with Crippen molar-refractivity contribution in [1.82, 2.24) is 4.90 Å². The quantitative estimate of drug-likeness (QED) is 0.649. The van der Waals surface area contributed by atoms with E-state index >= 15 is 0 Å². The Morgan fingerprint density at radius 2 is 1.77 bits per heavy atom. The number of nitro groups is 1. The van der Waals surface area contributed by atoms with E-state index in [1.54, 1.807) is 32.9 Å². The number of carboxylic acid groups (broad SMARTS) is 1. The van der Waals surface area contributed by atoms with Crippen LogP contribution in [0.1, 0.15) is 39.2 Å². The van der Waals surface area contributed by atoms with Crippen molar-refractivity contribution in [2.75, 3.05) is 13.1 Å². The highest BCUT2D eigenvalue weighted by Gasteiger charge is 2.43. The summed E-state index contributed by atoms with van der Waals surface area (Å²) in [5, 5.41) is 20.5. The monoisotopic (exact) mass is 364 g/mol. The van der Waals surface area contributed by atoms with Gasteiger partial charge in [0.05, 0.1) is 10.3 Å². The molecule has 1 amide bonds. The number of amides is 1. The summed E-state index contributed by atoms with van der Waals surface area (Å²) in [7, 11) is 0. The molecule has 0 aromatic heterocycles. The van der Waals surface area contributed by atoms with Crippen LogP contribution in [0.3, 0.4) is 0 Å². The highest BCUT2D eigenvalue weighted by molar-refractivity contribution is 5.76. The van der Waals surface area contributed by atoms with Gasteiger partial charge in [-0.2, -0.15) is 0 Å². The van der Waals surface area contributed by atoms with Crippen LogP contribution >= 0.6 is 0 Å². The summed E-state index contributed by atoms with van der Waals surface area (Å²) in [5.74, 6) is -0.917. The molecule has 8 nitrogen and oxygen atoms in total. The number of non-ortho nitro benzene ring substituents is 1. The number of nitrogens with zero attached hydrogens (tertiary/aromatic N) is 2. The largest absolute Gasteiger partial charge is 0.481 e. The predicted molar refractivity (Wildman–Crippen MR) is 93.9 cm³/mol. The van der Waals surface area contributed by atoms with Crippen LogP contribution in [0.15, 0.2) is 24.3 Å². The van der Waals surface area contributed by atoms with Crippen molar-refractivity contribution in [3.63, 3.8) is 0 Å². The van der Waals surface area contributed by atoms with Gasteiger partial charge in [0.2, 0.25) is 0 Å². The van der Waals surface area contributed by atoms with E-state index in [2.05, 4.69) is 0 Å². The minimum absolute atomic E-state index is 0.0297. The molecule has 1 aliphatic heterocycles. The lowest BCUT2D eigenvalue weighted by Gasteiger charge is -2.39. The smallest absolute Gasteiger partial charge is 0.410 e. The SMILES string of the molecule is CC(C)(C)OC(=O)N1CCC(Cc2ccc([N+](=O)[O-])cc2)(C(=O)O)CC1. The Bertz CT molecular complexity index is 685. The van der Waals surface area contributed by atoms with Crippen molar-refractivity contribution in [3.05, 3.63) is 39.9 Å². The van der Waals surface area contributed by atoms with Gasteiger partial charge in [0.15, 0.2) is 0 Å². The van der Waals surface area contributed by atoms with Gasteiger partial charge in [-0.05, 0) is 45.6 Å². The molecule has 0 bridgehead atoms. The third-order valence-corrected chi connectivity index (χ3v) is 4.52. The third kappa shape index (κ3) is 4.71. The lowest BCUT2D eigenvalue weighted by atomic mass is 9.74. The Morgan fingerprint density at radius 1 is 1.23 bits per heavy atom. The first-order chi connectivity index (χ1) is 12.0. The van der Waals surface area contributed by atoms with E-state index in [4.69, 9.17) is 4.74 Å². The lowest BCUT2D eigenvalue weighted by molar-refractivity contribution is -0.384. The van der Waals surface area contributed by atoms with E-state index in [0.29, 0.717) is 25.9 Å². The van der Waals surface area contributed by atoms with E-state index in [-0.39, 0.29) is 12.1 Å². The molecule has 0 aliphatic carbocycles. The number of ether oxygens (including phenoxy) is 1. The number of hydrogen-bond donors (Lipinski definition) is 1. The maximum atomic E-state index is 12.1. The molecule has 0 saturated carbocycles. The molecule has 2 rings (SSSR count). The van der Waals surface area contributed by atoms with Crippen LogP contribution in [-0.2, 0) is 16.0 Å². The molecule has 1 saturated heterocycles. The Labute approximate surface area is 151 Å². The Hall–Kier alpha value is -2.64. The maximum Gasteiger partial charge on any atom is 0.410 e. The molecule has 0 spiro atoms. The Kier molecular flexibility index (Phi) is 5.53. The van der Waals surface area contributed by atoms with Gasteiger partial charge in [0.25, 0.3) is 5.69 Å². The first kappa shape index (κ1) is 19.7. The lowest BCUT2D eigenvalue weighted by Crippen LogP contribution is -2.48. The molecule has 8 heteroatoms. The number of piperidine rings is 1. The van der Waals surface area contributed by atoms with Crippen molar-refractivity contribution in [2.24, 2.45) is 5.41 Å². The van der Waals surface area contributed by atoms with Crippen molar-refractivity contribution in [1.29, 1.82) is 0 Å². The maximum absolute atomic E-state index is 12.1. The Balaban J connectivity index is 2.07. The van der Waals surface area contributed by atoms with Crippen molar-refractivity contribution in [2.45, 2.75) is 45.6 Å². The van der Waals surface area contributed by atoms with Crippen LogP contribution in [0.4, 0.5) is 10.5 Å². The molecule has 0 radical (unpaired) electrons. The van der Waals surface area contributed by atoms with Crippen molar-refractivity contribution in [3.8, 4) is 0 Å². The summed E-state index contributed by atoms with van der Waals surface area (Å²) in [6, 6.07) is 5.92. The number of nitro benzene ring substituents is 1. The molecule has 142 valence electrons. The second-order valence-corrected chi connectivity index (χ2v) is 7.65. The topological polar surface area (TPSA) is 110 Å². The summed E-state index contributed by atoms with van der Waals surface area (Å²) in [6.07, 6.45) is 0.436. The fourth-order valence-corrected chi connectivity index (χ4v) is 3.04. The zero-order chi connectivity index (χ0) is 19.5. The van der Waals surface area contributed by atoms with Crippen molar-refractivity contribution >= 4 is 17.7 Å². The average molecular weight is 364 g/mol. The molecular formula is C18H24N2O6. The van der Waals surface area contributed by atoms with E-state index in [1.165, 1.54) is 17.0 Å². The molecule has 1 fully saturated rings. The molecule has 1 heterocycles. The predicted octanol–water partition coefficient (Wildman–Crippen LogP) is 3.24. The molecular weight excluding hydrogens is 340 g/mol. The number of benzene rings is 1. The number of carboxylic acids is 1. The summed E-state index contributed by atoms with van der Waals surface area (Å²) < 4.78 is 5.34. The Morgan fingerprint density at radius 3 is 2.19 bits per heavy atom. The van der Waals surface area contributed by atoms with Crippen LogP contribution in [0.25, 0.3) is 0 Å². The van der Waals surface area contributed by atoms with Crippen LogP contribution < -0.4 is 0 Å². The van der Waals surface area contributed by atoms with E-state index < -0.39 is 28.0 Å². The summed E-state index contributed by atoms with van der Waals surface area (Å²) in [5.41, 5.74) is -0.896. The zero-order valence-electron chi connectivity index (χ0n) is 15.2. The molecule has 1 aliphatic rings. The summed E-state index contributed by atoms with van der Waals surface area (Å²) in [6.45, 7) is 5.95. The van der Waals surface area contributed by atoms with Gasteiger partial charge in [0, 0.05) is 25.2 Å². The number of rotatable bonds is 4. The van der Waals surface area contributed by atoms with Gasteiger partial charge in [-0.1, -0.05) is 12.1 Å². The van der Waals surface area contributed by atoms with Crippen LogP contribution in [0, 0.1) is 15.5 Å². The molecule has 0 unspecified atom stereocenters. The number of aliphatic carboxylic acids is 1. The summed E-state index contributed by atoms with van der Waals surface area (Å²) in [4.78, 5) is 35.8. The van der Waals surface area contributed by atoms with Crippen molar-refractivity contribution < 1.29 is 24.4 Å². The third-order valence-electron chi connectivity index (χ3n) is 4.52. The molecule has 1 N–H and O–H groups in total. The molecule has 1 aromatic carbocycles. The highest BCUT2D eigenvalue weighted by Crippen LogP contribution is 2.36. The van der Waals surface area contributed by atoms with Gasteiger partial charge in [0.1, 0.15) is 5.60 Å². The van der Waals surface area contributed by atoms with Gasteiger partial charge in [-0.15, -0.1) is 0 Å². The molecule has 1 aromatic rings. The van der Waals surface area contributed by atoms with Crippen LogP contribution in [0.5, 0.6) is 0 Å². The van der Waals surface area contributed by atoms with Gasteiger partial charge < -0.3 is 14.7 Å². The fourth-order valence-electron chi connectivity index (χ4n) is 3.04. The standard InChI is InChI=1S/C18H24N2O6/c1-17(2,3)26-16(23)19-10-8-18(9-11-19,15(21)22)12-13-4-6-14(7-5-13)20(24)25/h4-7H,8-12H2,1-3H3,(H,21,22). The van der Waals surface area contributed by atoms with E-state index in [0.717, 1.165) is 5.56 Å². The number of carbonyl (C=O) groups is 2. The minimum Gasteiger partial charge on any atom is -0.481 e. The highest BCUT2D eigenvalue weighted by atomic mass is 16.6. The second kappa shape index (κ2) is 7.31. The second-order valence-electron chi connectivity index (χ2n) is 7.65. The normalized spacial score (nSPS) is 16.8. The zero-order valence-corrected chi connectivity index (χ0v) is 15.2. The van der Waals surface area contributed by atoms with Crippen LogP contribution in [0.2, 0.25) is 0 Å². The number of carbonyl (C=O) groups excluding carboxylic acids is 1. The first-order valence-electron chi connectivity index (χ1n) is 8.47. The number of hydrogen-bond acceptors (Lipinski definition) is 5. The molecule has 26 heavy (non-hydrogen) atoms. The van der Waals surface area contributed by atoms with Gasteiger partial charge >= 0.3 is 12.1 Å². The fraction of sp³-hybridized carbons (Fsp3) is 0.556. The van der Waals surface area contributed by atoms with E-state index in [9.17, 15) is 24.8 Å².